The average molecular weight is 385 g/mol. The lowest BCUT2D eigenvalue weighted by molar-refractivity contribution is 0.0948. The van der Waals surface area contributed by atoms with Gasteiger partial charge in [-0.2, -0.15) is 0 Å². The molecule has 27 heavy (non-hydrogen) atoms. The molecule has 0 aliphatic heterocycles. The monoisotopic (exact) mass is 384 g/mol. The van der Waals surface area contributed by atoms with Crippen molar-refractivity contribution in [2.45, 2.75) is 45.3 Å². The highest BCUT2D eigenvalue weighted by atomic mass is 32.2. The van der Waals surface area contributed by atoms with Gasteiger partial charge < -0.3 is 10.2 Å². The van der Waals surface area contributed by atoms with Gasteiger partial charge in [-0.05, 0) is 94.2 Å². The van der Waals surface area contributed by atoms with E-state index in [1.165, 1.54) is 33.4 Å². The van der Waals surface area contributed by atoms with Crippen LogP contribution in [0.2, 0.25) is 0 Å². The van der Waals surface area contributed by atoms with E-state index in [-0.39, 0.29) is 5.91 Å². The van der Waals surface area contributed by atoms with Crippen molar-refractivity contribution in [3.63, 3.8) is 0 Å². The van der Waals surface area contributed by atoms with Crippen LogP contribution in [0, 0.1) is 34.6 Å². The molecule has 3 nitrogen and oxygen atoms in total. The number of carbonyl (C=O) groups is 1. The number of amides is 1. The third kappa shape index (κ3) is 5.14. The van der Waals surface area contributed by atoms with E-state index in [0.29, 0.717) is 6.54 Å². The van der Waals surface area contributed by atoms with Gasteiger partial charge in [0.1, 0.15) is 0 Å². The zero-order valence-corrected chi connectivity index (χ0v) is 18.5. The van der Waals surface area contributed by atoms with Crippen LogP contribution in [0.5, 0.6) is 0 Å². The number of likely N-dealkylation sites (N-methyl/N-ethyl adjacent to an activating group) is 1. The van der Waals surface area contributed by atoms with Crippen LogP contribution in [0.3, 0.4) is 0 Å². The Morgan fingerprint density at radius 1 is 0.926 bits per heavy atom. The number of thioether (sulfide) groups is 1. The quantitative estimate of drug-likeness (QED) is 0.695. The van der Waals surface area contributed by atoms with Gasteiger partial charge in [0.05, 0.1) is 5.56 Å². The maximum Gasteiger partial charge on any atom is 0.252 e. The molecule has 0 unspecified atom stereocenters. The molecule has 0 atom stereocenters. The van der Waals surface area contributed by atoms with Gasteiger partial charge in [-0.25, -0.2) is 0 Å². The summed E-state index contributed by atoms with van der Waals surface area (Å²) in [6, 6.07) is 7.90. The van der Waals surface area contributed by atoms with Crippen LogP contribution in [-0.2, 0) is 5.75 Å². The van der Waals surface area contributed by atoms with E-state index in [1.807, 2.05) is 38.4 Å². The van der Waals surface area contributed by atoms with E-state index in [2.05, 4.69) is 44.8 Å². The van der Waals surface area contributed by atoms with Crippen molar-refractivity contribution < 1.29 is 4.79 Å². The topological polar surface area (TPSA) is 32.3 Å². The van der Waals surface area contributed by atoms with Gasteiger partial charge in [-0.1, -0.05) is 12.1 Å². The largest absolute Gasteiger partial charge is 0.351 e. The number of nitrogens with one attached hydrogen (secondary N) is 1. The van der Waals surface area contributed by atoms with Crippen LogP contribution in [0.4, 0.5) is 0 Å². The predicted octanol–water partition coefficient (Wildman–Crippen LogP) is 4.81. The summed E-state index contributed by atoms with van der Waals surface area (Å²) in [6.07, 6.45) is 0. The minimum absolute atomic E-state index is 0.00432. The molecule has 1 amide bonds. The fraction of sp³-hybridized carbons (Fsp3) is 0.435. The van der Waals surface area contributed by atoms with Gasteiger partial charge in [-0.3, -0.25) is 4.79 Å². The maximum atomic E-state index is 12.6. The number of nitrogens with zero attached hydrogens (tertiary/aromatic N) is 1. The van der Waals surface area contributed by atoms with Gasteiger partial charge in [0, 0.05) is 23.7 Å². The molecule has 2 aromatic carbocycles. The van der Waals surface area contributed by atoms with Crippen molar-refractivity contribution >= 4 is 17.7 Å². The van der Waals surface area contributed by atoms with Gasteiger partial charge in [0.15, 0.2) is 0 Å². The van der Waals surface area contributed by atoms with Crippen LogP contribution in [0.1, 0.15) is 43.7 Å². The highest BCUT2D eigenvalue weighted by Gasteiger charge is 2.15. The number of rotatable bonds is 7. The summed E-state index contributed by atoms with van der Waals surface area (Å²) in [7, 11) is 4.01. The SMILES string of the molecule is Cc1c(C)c(C)c(CSc2ccccc2C(=O)NCCN(C)C)c(C)c1C. The summed E-state index contributed by atoms with van der Waals surface area (Å²) in [5.41, 5.74) is 9.04. The number of hydrogen-bond donors (Lipinski definition) is 1. The predicted molar refractivity (Wildman–Crippen MR) is 117 cm³/mol. The smallest absolute Gasteiger partial charge is 0.252 e. The number of benzene rings is 2. The lowest BCUT2D eigenvalue weighted by atomic mass is 9.90. The summed E-state index contributed by atoms with van der Waals surface area (Å²) in [4.78, 5) is 15.7. The van der Waals surface area contributed by atoms with Crippen LogP contribution in [0.25, 0.3) is 0 Å². The minimum Gasteiger partial charge on any atom is -0.351 e. The van der Waals surface area contributed by atoms with Crippen molar-refractivity contribution in [3.05, 3.63) is 63.2 Å². The molecule has 0 radical (unpaired) electrons. The molecular formula is C23H32N2OS. The molecular weight excluding hydrogens is 352 g/mol. The normalized spacial score (nSPS) is 11.1. The fourth-order valence-corrected chi connectivity index (χ4v) is 4.44. The van der Waals surface area contributed by atoms with Crippen molar-refractivity contribution in [2.24, 2.45) is 0 Å². The summed E-state index contributed by atoms with van der Waals surface area (Å²) < 4.78 is 0. The van der Waals surface area contributed by atoms with Crippen molar-refractivity contribution in [1.29, 1.82) is 0 Å². The van der Waals surface area contributed by atoms with E-state index >= 15 is 0 Å². The Labute approximate surface area is 168 Å². The molecule has 0 heterocycles. The summed E-state index contributed by atoms with van der Waals surface area (Å²) >= 11 is 1.75. The lowest BCUT2D eigenvalue weighted by Crippen LogP contribution is -2.31. The van der Waals surface area contributed by atoms with Gasteiger partial charge in [-0.15, -0.1) is 11.8 Å². The first-order valence-electron chi connectivity index (χ1n) is 9.44. The highest BCUT2D eigenvalue weighted by molar-refractivity contribution is 7.98. The Hall–Kier alpha value is -1.78. The van der Waals surface area contributed by atoms with Crippen LogP contribution in [-0.4, -0.2) is 38.0 Å². The maximum absolute atomic E-state index is 12.6. The van der Waals surface area contributed by atoms with Crippen molar-refractivity contribution in [3.8, 4) is 0 Å². The second-order valence-electron chi connectivity index (χ2n) is 7.45. The van der Waals surface area contributed by atoms with Gasteiger partial charge in [0.2, 0.25) is 0 Å². The molecule has 0 aliphatic rings. The molecule has 2 rings (SSSR count). The van der Waals surface area contributed by atoms with Crippen molar-refractivity contribution in [1.82, 2.24) is 10.2 Å². The van der Waals surface area contributed by atoms with E-state index in [1.54, 1.807) is 11.8 Å². The summed E-state index contributed by atoms with van der Waals surface area (Å²) in [5, 5.41) is 3.02. The molecule has 0 fully saturated rings. The second-order valence-corrected chi connectivity index (χ2v) is 8.46. The Bertz CT molecular complexity index is 798. The summed E-state index contributed by atoms with van der Waals surface area (Å²) in [6.45, 7) is 12.5. The molecule has 146 valence electrons. The third-order valence-corrected chi connectivity index (χ3v) is 6.60. The van der Waals surface area contributed by atoms with E-state index in [0.717, 1.165) is 22.8 Å². The molecule has 0 aliphatic carbocycles. The molecule has 2 aromatic rings. The molecule has 0 saturated carbocycles. The van der Waals surface area contributed by atoms with Gasteiger partial charge in [0.25, 0.3) is 5.91 Å². The first-order chi connectivity index (χ1) is 12.7. The average Bonchev–Trinajstić information content (AvgIpc) is 2.64. The first-order valence-corrected chi connectivity index (χ1v) is 10.4. The van der Waals surface area contributed by atoms with Gasteiger partial charge >= 0.3 is 0 Å². The van der Waals surface area contributed by atoms with Crippen LogP contribution < -0.4 is 5.32 Å². The Balaban J connectivity index is 2.19. The molecule has 0 saturated heterocycles. The van der Waals surface area contributed by atoms with E-state index in [4.69, 9.17) is 0 Å². The first kappa shape index (κ1) is 21.5. The Morgan fingerprint density at radius 3 is 2.07 bits per heavy atom. The second kappa shape index (κ2) is 9.43. The molecule has 0 spiro atoms. The fourth-order valence-electron chi connectivity index (χ4n) is 3.21. The zero-order valence-electron chi connectivity index (χ0n) is 17.7. The third-order valence-electron chi connectivity index (χ3n) is 5.50. The zero-order chi connectivity index (χ0) is 20.1. The van der Waals surface area contributed by atoms with E-state index < -0.39 is 0 Å². The number of hydrogen-bond acceptors (Lipinski definition) is 3. The Morgan fingerprint density at radius 2 is 1.48 bits per heavy atom. The van der Waals surface area contributed by atoms with Crippen molar-refractivity contribution in [2.75, 3.05) is 27.2 Å². The highest BCUT2D eigenvalue weighted by Crippen LogP contribution is 2.32. The minimum atomic E-state index is 0.00432. The van der Waals surface area contributed by atoms with Crippen LogP contribution in [0.15, 0.2) is 29.2 Å². The van der Waals surface area contributed by atoms with Crippen LogP contribution >= 0.6 is 11.8 Å². The Kier molecular flexibility index (Phi) is 7.51. The molecule has 1 N–H and O–H groups in total. The van der Waals surface area contributed by atoms with E-state index in [9.17, 15) is 4.79 Å². The molecule has 0 aromatic heterocycles. The lowest BCUT2D eigenvalue weighted by Gasteiger charge is -2.19. The number of carbonyl (C=O) groups excluding carboxylic acids is 1. The molecule has 0 bridgehead atoms. The standard InChI is InChI=1S/C23H32N2OS/c1-15-16(2)18(4)21(19(5)17(15)3)14-27-22-11-9-8-10-20(22)23(26)24-12-13-25(6)7/h8-11H,12-14H2,1-7H3,(H,24,26). The molecule has 4 heteroatoms. The summed E-state index contributed by atoms with van der Waals surface area (Å²) in [5.74, 6) is 0.881.